The quantitative estimate of drug-likeness (QED) is 0.798. The van der Waals surface area contributed by atoms with E-state index in [0.717, 1.165) is 18.2 Å². The van der Waals surface area contributed by atoms with E-state index in [1.807, 2.05) is 0 Å². The normalized spacial score (nSPS) is 10.5. The molecule has 0 amide bonds. The van der Waals surface area contributed by atoms with Crippen molar-refractivity contribution in [2.75, 3.05) is 6.61 Å². The number of ether oxygens (including phenoxy) is 1. The van der Waals surface area contributed by atoms with Crippen molar-refractivity contribution in [3.05, 3.63) is 53.6 Å². The zero-order chi connectivity index (χ0) is 13.8. The van der Waals surface area contributed by atoms with E-state index < -0.39 is 17.6 Å². The lowest BCUT2D eigenvalue weighted by Crippen LogP contribution is -2.13. The van der Waals surface area contributed by atoms with Crippen LogP contribution in [0.4, 0.5) is 8.78 Å². The fraction of sp³-hybridized carbons (Fsp3) is 0.231. The molecule has 0 radical (unpaired) electrons. The monoisotopic (exact) mass is 266 g/mol. The number of nitrogens with zero attached hydrogens (tertiary/aromatic N) is 2. The molecule has 0 unspecified atom stereocenters. The zero-order valence-electron chi connectivity index (χ0n) is 10.3. The van der Waals surface area contributed by atoms with Crippen LogP contribution in [0, 0.1) is 11.6 Å². The summed E-state index contributed by atoms with van der Waals surface area (Å²) in [7, 11) is 0. The fourth-order valence-electron chi connectivity index (χ4n) is 1.67. The molecule has 2 rings (SSSR count). The molecule has 1 aromatic heterocycles. The molecule has 0 saturated heterocycles. The lowest BCUT2D eigenvalue weighted by molar-refractivity contribution is 0.0514. The van der Waals surface area contributed by atoms with E-state index in [9.17, 15) is 13.6 Å². The zero-order valence-corrected chi connectivity index (χ0v) is 10.3. The Labute approximate surface area is 108 Å². The maximum Gasteiger partial charge on any atom is 0.356 e. The van der Waals surface area contributed by atoms with E-state index in [1.165, 1.54) is 17.1 Å². The average Bonchev–Trinajstić information content (AvgIpc) is 2.82. The van der Waals surface area contributed by atoms with E-state index >= 15 is 0 Å². The second kappa shape index (κ2) is 5.60. The van der Waals surface area contributed by atoms with Crippen molar-refractivity contribution in [3.63, 3.8) is 0 Å². The number of imidazole rings is 1. The minimum Gasteiger partial charge on any atom is -0.461 e. The molecule has 100 valence electrons. The number of aromatic nitrogens is 2. The topological polar surface area (TPSA) is 44.1 Å². The van der Waals surface area contributed by atoms with Crippen LogP contribution in [0.25, 0.3) is 0 Å². The molecule has 0 aliphatic rings. The van der Waals surface area contributed by atoms with Gasteiger partial charge in [0, 0.05) is 5.56 Å². The van der Waals surface area contributed by atoms with Gasteiger partial charge in [-0.3, -0.25) is 0 Å². The van der Waals surface area contributed by atoms with E-state index in [1.54, 1.807) is 6.92 Å². The average molecular weight is 266 g/mol. The molecule has 0 N–H and O–H groups in total. The van der Waals surface area contributed by atoms with Gasteiger partial charge in [-0.25, -0.2) is 18.6 Å². The fourth-order valence-corrected chi connectivity index (χ4v) is 1.67. The van der Waals surface area contributed by atoms with Crippen molar-refractivity contribution in [2.45, 2.75) is 13.5 Å². The van der Waals surface area contributed by atoms with Crippen LogP contribution in [-0.4, -0.2) is 22.1 Å². The van der Waals surface area contributed by atoms with Gasteiger partial charge in [0.2, 0.25) is 0 Å². The van der Waals surface area contributed by atoms with Gasteiger partial charge in [0.05, 0.1) is 25.7 Å². The summed E-state index contributed by atoms with van der Waals surface area (Å²) < 4.78 is 32.9. The van der Waals surface area contributed by atoms with E-state index in [0.29, 0.717) is 0 Å². The van der Waals surface area contributed by atoms with Gasteiger partial charge >= 0.3 is 5.97 Å². The highest BCUT2D eigenvalue weighted by Crippen LogP contribution is 2.13. The Morgan fingerprint density at radius 3 is 2.95 bits per heavy atom. The minimum atomic E-state index is -0.545. The Balaban J connectivity index is 2.26. The number of hydrogen-bond donors (Lipinski definition) is 0. The molecular weight excluding hydrogens is 254 g/mol. The van der Waals surface area contributed by atoms with Crippen molar-refractivity contribution in [1.82, 2.24) is 9.55 Å². The van der Waals surface area contributed by atoms with Crippen molar-refractivity contribution in [1.29, 1.82) is 0 Å². The number of halogens is 2. The third kappa shape index (κ3) is 2.96. The predicted molar refractivity (Wildman–Crippen MR) is 63.6 cm³/mol. The molecule has 4 nitrogen and oxygen atoms in total. The van der Waals surface area contributed by atoms with Gasteiger partial charge in [-0.05, 0) is 25.1 Å². The Kier molecular flexibility index (Phi) is 3.89. The molecule has 2 aromatic rings. The van der Waals surface area contributed by atoms with Gasteiger partial charge in [-0.1, -0.05) is 0 Å². The van der Waals surface area contributed by atoms with Gasteiger partial charge in [0.25, 0.3) is 0 Å². The highest BCUT2D eigenvalue weighted by Gasteiger charge is 2.14. The van der Waals surface area contributed by atoms with E-state index in [-0.39, 0.29) is 24.4 Å². The second-order valence-electron chi connectivity index (χ2n) is 3.86. The standard InChI is InChI=1S/C13H12F2N2O2/c1-2-19-13(18)12-6-16-8-17(12)7-9-5-10(14)3-4-11(9)15/h3-6,8H,2,7H2,1H3. The molecule has 1 heterocycles. The number of benzene rings is 1. The summed E-state index contributed by atoms with van der Waals surface area (Å²) in [6.07, 6.45) is 2.70. The summed E-state index contributed by atoms with van der Waals surface area (Å²) in [6, 6.07) is 3.18. The van der Waals surface area contributed by atoms with Crippen LogP contribution in [0.1, 0.15) is 23.0 Å². The smallest absolute Gasteiger partial charge is 0.356 e. The van der Waals surface area contributed by atoms with Crippen LogP contribution < -0.4 is 0 Å². The lowest BCUT2D eigenvalue weighted by Gasteiger charge is -2.08. The van der Waals surface area contributed by atoms with Gasteiger partial charge in [-0.2, -0.15) is 0 Å². The third-order valence-electron chi connectivity index (χ3n) is 2.55. The highest BCUT2D eigenvalue weighted by atomic mass is 19.1. The van der Waals surface area contributed by atoms with Crippen LogP contribution in [0.5, 0.6) is 0 Å². The Hall–Kier alpha value is -2.24. The Morgan fingerprint density at radius 2 is 2.21 bits per heavy atom. The maximum atomic E-state index is 13.5. The highest BCUT2D eigenvalue weighted by molar-refractivity contribution is 5.87. The Bertz CT molecular complexity index is 596. The first-order valence-electron chi connectivity index (χ1n) is 5.73. The summed E-state index contributed by atoms with van der Waals surface area (Å²) in [6.45, 7) is 1.93. The van der Waals surface area contributed by atoms with Crippen molar-refractivity contribution in [2.24, 2.45) is 0 Å². The number of carbonyl (C=O) groups is 1. The number of hydrogen-bond acceptors (Lipinski definition) is 3. The van der Waals surface area contributed by atoms with Gasteiger partial charge in [-0.15, -0.1) is 0 Å². The summed E-state index contributed by atoms with van der Waals surface area (Å²) >= 11 is 0. The molecule has 6 heteroatoms. The van der Waals surface area contributed by atoms with Crippen molar-refractivity contribution in [3.8, 4) is 0 Å². The SMILES string of the molecule is CCOC(=O)c1cncn1Cc1cc(F)ccc1F. The van der Waals surface area contributed by atoms with Crippen LogP contribution in [0.15, 0.2) is 30.7 Å². The van der Waals surface area contributed by atoms with Crippen molar-refractivity contribution >= 4 is 5.97 Å². The molecule has 0 atom stereocenters. The molecule has 0 bridgehead atoms. The van der Waals surface area contributed by atoms with Gasteiger partial charge < -0.3 is 9.30 Å². The van der Waals surface area contributed by atoms with Crippen LogP contribution in [-0.2, 0) is 11.3 Å². The summed E-state index contributed by atoms with van der Waals surface area (Å²) in [5.41, 5.74) is 0.342. The molecule has 0 spiro atoms. The number of esters is 1. The molecule has 1 aromatic carbocycles. The molecule has 0 fully saturated rings. The van der Waals surface area contributed by atoms with Gasteiger partial charge in [0.15, 0.2) is 0 Å². The molecule has 0 aliphatic heterocycles. The molecule has 0 saturated carbocycles. The first-order chi connectivity index (χ1) is 9.11. The number of rotatable bonds is 4. The lowest BCUT2D eigenvalue weighted by atomic mass is 10.2. The van der Waals surface area contributed by atoms with Gasteiger partial charge in [0.1, 0.15) is 17.3 Å². The molecule has 0 aliphatic carbocycles. The van der Waals surface area contributed by atoms with Crippen LogP contribution >= 0.6 is 0 Å². The number of carbonyl (C=O) groups excluding carboxylic acids is 1. The van der Waals surface area contributed by atoms with Crippen LogP contribution in [0.3, 0.4) is 0 Å². The van der Waals surface area contributed by atoms with Crippen molar-refractivity contribution < 1.29 is 18.3 Å². The summed E-state index contributed by atoms with van der Waals surface area (Å²) in [5.74, 6) is -1.61. The van der Waals surface area contributed by atoms with E-state index in [2.05, 4.69) is 4.98 Å². The Morgan fingerprint density at radius 1 is 1.42 bits per heavy atom. The summed E-state index contributed by atoms with van der Waals surface area (Å²) in [4.78, 5) is 15.4. The maximum absolute atomic E-state index is 13.5. The predicted octanol–water partition coefficient (Wildman–Crippen LogP) is 2.39. The first kappa shape index (κ1) is 13.2. The first-order valence-corrected chi connectivity index (χ1v) is 5.73. The van der Waals surface area contributed by atoms with E-state index in [4.69, 9.17) is 4.74 Å². The third-order valence-corrected chi connectivity index (χ3v) is 2.55. The van der Waals surface area contributed by atoms with Crippen LogP contribution in [0.2, 0.25) is 0 Å². The molecule has 19 heavy (non-hydrogen) atoms. The summed E-state index contributed by atoms with van der Waals surface area (Å²) in [5, 5.41) is 0. The largest absolute Gasteiger partial charge is 0.461 e. The second-order valence-corrected chi connectivity index (χ2v) is 3.86. The molecular formula is C13H12F2N2O2. The minimum absolute atomic E-state index is 0.0116.